The standard InChI is InChI=1S/C17H29NO3/c1-20-16(19)13-18(14-6-2-3-7-14)15-8-11-21-17(12-15)9-4-5-10-17/h14-15H,2-13H2,1H3. The predicted molar refractivity (Wildman–Crippen MR) is 81.2 cm³/mol. The third-order valence-electron chi connectivity index (χ3n) is 5.78. The van der Waals surface area contributed by atoms with E-state index in [2.05, 4.69) is 4.90 Å². The van der Waals surface area contributed by atoms with Crippen LogP contribution in [-0.4, -0.2) is 48.8 Å². The van der Waals surface area contributed by atoms with Crippen molar-refractivity contribution in [3.8, 4) is 0 Å². The summed E-state index contributed by atoms with van der Waals surface area (Å²) in [5.74, 6) is -0.0890. The molecule has 4 heteroatoms. The van der Waals surface area contributed by atoms with E-state index in [-0.39, 0.29) is 11.6 Å². The number of hydrogen-bond acceptors (Lipinski definition) is 4. The van der Waals surface area contributed by atoms with Crippen LogP contribution < -0.4 is 0 Å². The van der Waals surface area contributed by atoms with Gasteiger partial charge in [0, 0.05) is 18.7 Å². The van der Waals surface area contributed by atoms with Crippen molar-refractivity contribution < 1.29 is 14.3 Å². The van der Waals surface area contributed by atoms with E-state index in [4.69, 9.17) is 9.47 Å². The predicted octanol–water partition coefficient (Wildman–Crippen LogP) is 2.90. The maximum absolute atomic E-state index is 11.8. The Balaban J connectivity index is 1.70. The minimum absolute atomic E-state index is 0.0890. The zero-order chi connectivity index (χ0) is 14.7. The van der Waals surface area contributed by atoms with E-state index >= 15 is 0 Å². The molecule has 1 unspecified atom stereocenters. The maximum atomic E-state index is 11.8. The minimum Gasteiger partial charge on any atom is -0.468 e. The largest absolute Gasteiger partial charge is 0.468 e. The van der Waals surface area contributed by atoms with E-state index in [1.807, 2.05) is 0 Å². The van der Waals surface area contributed by atoms with Gasteiger partial charge in [0.05, 0.1) is 19.3 Å². The van der Waals surface area contributed by atoms with Crippen LogP contribution in [0.5, 0.6) is 0 Å². The Kier molecular flexibility index (Phi) is 4.85. The average molecular weight is 295 g/mol. The number of carbonyl (C=O) groups excluding carboxylic acids is 1. The van der Waals surface area contributed by atoms with Gasteiger partial charge in [0.1, 0.15) is 0 Å². The fourth-order valence-electron chi connectivity index (χ4n) is 4.66. The molecule has 0 N–H and O–H groups in total. The first kappa shape index (κ1) is 15.3. The Hall–Kier alpha value is -0.610. The minimum atomic E-state index is -0.0890. The Morgan fingerprint density at radius 1 is 1.14 bits per heavy atom. The third kappa shape index (κ3) is 3.42. The molecule has 0 bridgehead atoms. The number of ether oxygens (including phenoxy) is 2. The lowest BCUT2D eigenvalue weighted by atomic mass is 9.87. The topological polar surface area (TPSA) is 38.8 Å². The van der Waals surface area contributed by atoms with Crippen molar-refractivity contribution in [3.63, 3.8) is 0 Å². The molecule has 4 nitrogen and oxygen atoms in total. The highest BCUT2D eigenvalue weighted by Gasteiger charge is 2.43. The maximum Gasteiger partial charge on any atom is 0.319 e. The van der Waals surface area contributed by atoms with Crippen LogP contribution in [0.4, 0.5) is 0 Å². The summed E-state index contributed by atoms with van der Waals surface area (Å²) in [7, 11) is 1.50. The highest BCUT2D eigenvalue weighted by molar-refractivity contribution is 5.71. The van der Waals surface area contributed by atoms with Gasteiger partial charge in [-0.25, -0.2) is 0 Å². The molecule has 0 aromatic heterocycles. The van der Waals surface area contributed by atoms with Gasteiger partial charge in [-0.2, -0.15) is 0 Å². The monoisotopic (exact) mass is 295 g/mol. The van der Waals surface area contributed by atoms with Crippen LogP contribution >= 0.6 is 0 Å². The number of hydrogen-bond donors (Lipinski definition) is 0. The van der Waals surface area contributed by atoms with Crippen LogP contribution in [0.2, 0.25) is 0 Å². The number of rotatable bonds is 4. The van der Waals surface area contributed by atoms with E-state index in [1.165, 1.54) is 58.5 Å². The van der Waals surface area contributed by atoms with Gasteiger partial charge in [0.2, 0.25) is 0 Å². The molecule has 3 fully saturated rings. The van der Waals surface area contributed by atoms with E-state index in [0.29, 0.717) is 18.6 Å². The van der Waals surface area contributed by atoms with Crippen molar-refractivity contribution >= 4 is 5.97 Å². The molecule has 0 aromatic carbocycles. The van der Waals surface area contributed by atoms with E-state index in [1.54, 1.807) is 0 Å². The molecule has 1 aliphatic heterocycles. The van der Waals surface area contributed by atoms with Gasteiger partial charge in [-0.3, -0.25) is 9.69 Å². The molecule has 1 atom stereocenters. The molecule has 0 aromatic rings. The second kappa shape index (κ2) is 6.66. The lowest BCUT2D eigenvalue weighted by Crippen LogP contribution is -2.52. The molecule has 0 radical (unpaired) electrons. The lowest BCUT2D eigenvalue weighted by Gasteiger charge is -2.44. The fourth-order valence-corrected chi connectivity index (χ4v) is 4.66. The zero-order valence-corrected chi connectivity index (χ0v) is 13.3. The summed E-state index contributed by atoms with van der Waals surface area (Å²) in [5, 5.41) is 0. The SMILES string of the molecule is COC(=O)CN(C1CCCC1)C1CCOC2(CCCC2)C1. The molecule has 1 saturated heterocycles. The van der Waals surface area contributed by atoms with Gasteiger partial charge < -0.3 is 9.47 Å². The normalized spacial score (nSPS) is 29.3. The van der Waals surface area contributed by atoms with Crippen LogP contribution in [0.15, 0.2) is 0 Å². The van der Waals surface area contributed by atoms with Crippen molar-refractivity contribution in [2.24, 2.45) is 0 Å². The smallest absolute Gasteiger partial charge is 0.319 e. The highest BCUT2D eigenvalue weighted by Crippen LogP contribution is 2.42. The Labute approximate surface area is 128 Å². The van der Waals surface area contributed by atoms with E-state index in [9.17, 15) is 4.79 Å². The quantitative estimate of drug-likeness (QED) is 0.748. The molecular formula is C17H29NO3. The molecule has 2 aliphatic carbocycles. The van der Waals surface area contributed by atoms with Crippen LogP contribution in [0.25, 0.3) is 0 Å². The Morgan fingerprint density at radius 2 is 1.86 bits per heavy atom. The zero-order valence-electron chi connectivity index (χ0n) is 13.3. The Bertz CT molecular complexity index is 359. The van der Waals surface area contributed by atoms with Crippen LogP contribution in [0, 0.1) is 0 Å². The van der Waals surface area contributed by atoms with Crippen molar-refractivity contribution in [3.05, 3.63) is 0 Å². The number of nitrogens with zero attached hydrogens (tertiary/aromatic N) is 1. The van der Waals surface area contributed by atoms with Gasteiger partial charge in [-0.15, -0.1) is 0 Å². The second-order valence-corrected chi connectivity index (χ2v) is 7.07. The molecule has 21 heavy (non-hydrogen) atoms. The summed E-state index contributed by atoms with van der Waals surface area (Å²) in [5.41, 5.74) is 0.121. The average Bonchev–Trinajstić information content (AvgIpc) is 3.17. The van der Waals surface area contributed by atoms with Crippen LogP contribution in [-0.2, 0) is 14.3 Å². The van der Waals surface area contributed by atoms with E-state index in [0.717, 1.165) is 19.4 Å². The van der Waals surface area contributed by atoms with Gasteiger partial charge in [0.15, 0.2) is 0 Å². The summed E-state index contributed by atoms with van der Waals surface area (Å²) < 4.78 is 11.1. The second-order valence-electron chi connectivity index (χ2n) is 7.07. The van der Waals surface area contributed by atoms with Crippen molar-refractivity contribution in [2.75, 3.05) is 20.3 Å². The van der Waals surface area contributed by atoms with Crippen molar-refractivity contribution in [1.29, 1.82) is 0 Å². The number of methoxy groups -OCH3 is 1. The molecule has 1 heterocycles. The molecule has 120 valence electrons. The van der Waals surface area contributed by atoms with Crippen LogP contribution in [0.1, 0.15) is 64.2 Å². The fraction of sp³-hybridized carbons (Fsp3) is 0.941. The van der Waals surface area contributed by atoms with E-state index < -0.39 is 0 Å². The molecule has 3 rings (SSSR count). The number of esters is 1. The first-order valence-corrected chi connectivity index (χ1v) is 8.69. The lowest BCUT2D eigenvalue weighted by molar-refractivity contribution is -0.147. The van der Waals surface area contributed by atoms with Gasteiger partial charge in [-0.05, 0) is 38.5 Å². The highest BCUT2D eigenvalue weighted by atomic mass is 16.5. The Morgan fingerprint density at radius 3 is 2.52 bits per heavy atom. The summed E-state index contributed by atoms with van der Waals surface area (Å²) in [4.78, 5) is 14.3. The summed E-state index contributed by atoms with van der Waals surface area (Å²) >= 11 is 0. The van der Waals surface area contributed by atoms with Gasteiger partial charge in [0.25, 0.3) is 0 Å². The van der Waals surface area contributed by atoms with Gasteiger partial charge >= 0.3 is 5.97 Å². The third-order valence-corrected chi connectivity index (χ3v) is 5.78. The first-order valence-electron chi connectivity index (χ1n) is 8.69. The van der Waals surface area contributed by atoms with Crippen molar-refractivity contribution in [1.82, 2.24) is 4.90 Å². The molecule has 3 aliphatic rings. The molecule has 1 spiro atoms. The number of carbonyl (C=O) groups is 1. The summed E-state index contributed by atoms with van der Waals surface area (Å²) in [6.45, 7) is 1.32. The van der Waals surface area contributed by atoms with Gasteiger partial charge in [-0.1, -0.05) is 25.7 Å². The van der Waals surface area contributed by atoms with Crippen molar-refractivity contribution in [2.45, 2.75) is 81.9 Å². The summed E-state index contributed by atoms with van der Waals surface area (Å²) in [6.07, 6.45) is 12.3. The van der Waals surface area contributed by atoms with Crippen LogP contribution in [0.3, 0.4) is 0 Å². The molecule has 0 amide bonds. The first-order chi connectivity index (χ1) is 10.2. The molecular weight excluding hydrogens is 266 g/mol. The molecule has 2 saturated carbocycles. The summed E-state index contributed by atoms with van der Waals surface area (Å²) in [6, 6.07) is 1.07.